The quantitative estimate of drug-likeness (QED) is 0.543. The van der Waals surface area contributed by atoms with E-state index < -0.39 is 38.4 Å². The van der Waals surface area contributed by atoms with E-state index in [0.717, 1.165) is 19.2 Å². The molecule has 0 aliphatic heterocycles. The Morgan fingerprint density at radius 3 is 2.43 bits per heavy atom. The molecule has 0 heterocycles. The average Bonchev–Trinajstić information content (AvgIpc) is 2.61. The van der Waals surface area contributed by atoms with Gasteiger partial charge < -0.3 is 10.5 Å². The van der Waals surface area contributed by atoms with Crippen LogP contribution >= 0.6 is 11.6 Å². The van der Waals surface area contributed by atoms with Crippen molar-refractivity contribution in [3.05, 3.63) is 52.0 Å². The molecular formula is C17H16ClF3N2O4S. The number of ether oxygens (including phenoxy) is 1. The minimum Gasteiger partial charge on any atom is -0.465 e. The molecule has 0 atom stereocenters. The van der Waals surface area contributed by atoms with Crippen LogP contribution in [0.15, 0.2) is 35.2 Å². The lowest BCUT2D eigenvalue weighted by molar-refractivity contribution is -0.137. The smallest absolute Gasteiger partial charge is 0.417 e. The van der Waals surface area contributed by atoms with Gasteiger partial charge in [0, 0.05) is 0 Å². The molecule has 0 radical (unpaired) electrons. The van der Waals surface area contributed by atoms with Crippen LogP contribution in [-0.4, -0.2) is 21.5 Å². The zero-order chi connectivity index (χ0) is 21.3. The summed E-state index contributed by atoms with van der Waals surface area (Å²) in [6.07, 6.45) is -4.51. The number of hydrogen-bond donors (Lipinski definition) is 2. The van der Waals surface area contributed by atoms with Crippen molar-refractivity contribution in [2.45, 2.75) is 24.4 Å². The molecule has 0 saturated heterocycles. The van der Waals surface area contributed by atoms with Crippen LogP contribution in [0, 0.1) is 0 Å². The number of esters is 1. The molecule has 0 aliphatic rings. The van der Waals surface area contributed by atoms with Crippen LogP contribution in [0.25, 0.3) is 0 Å². The topological polar surface area (TPSA) is 98.5 Å². The molecule has 2 aromatic carbocycles. The average molecular weight is 437 g/mol. The molecule has 28 heavy (non-hydrogen) atoms. The molecule has 2 rings (SSSR count). The third-order valence-corrected chi connectivity index (χ3v) is 5.61. The van der Waals surface area contributed by atoms with Crippen LogP contribution in [0.1, 0.15) is 28.4 Å². The zero-order valence-electron chi connectivity index (χ0n) is 14.7. The fourth-order valence-corrected chi connectivity index (χ4v) is 4.13. The highest BCUT2D eigenvalue weighted by Gasteiger charge is 2.34. The summed E-state index contributed by atoms with van der Waals surface area (Å²) in [4.78, 5) is 11.4. The molecular weight excluding hydrogens is 421 g/mol. The van der Waals surface area contributed by atoms with E-state index in [2.05, 4.69) is 4.74 Å². The van der Waals surface area contributed by atoms with E-state index in [9.17, 15) is 26.4 Å². The summed E-state index contributed by atoms with van der Waals surface area (Å²) in [7, 11) is -3.23. The summed E-state index contributed by atoms with van der Waals surface area (Å²) >= 11 is 5.57. The van der Waals surface area contributed by atoms with Crippen molar-refractivity contribution in [1.82, 2.24) is 0 Å². The van der Waals surface area contributed by atoms with E-state index in [1.54, 1.807) is 6.92 Å². The van der Waals surface area contributed by atoms with Crippen LogP contribution in [-0.2, 0) is 27.4 Å². The molecule has 3 N–H and O–H groups in total. The number of aryl methyl sites for hydroxylation is 1. The summed E-state index contributed by atoms with van der Waals surface area (Å²) in [5.41, 5.74) is 3.95. The standard InChI is InChI=1S/C17H16ClF3N2O4S/c1-3-9-4-5-10(16(24)27-2)6-15(9)28(25,26)23-14-7-11(17(19,20)21)12(18)8-13(14)22/h4-8,23H,3,22H2,1-2H3. The lowest BCUT2D eigenvalue weighted by Crippen LogP contribution is -2.18. The van der Waals surface area contributed by atoms with Crippen molar-refractivity contribution >= 4 is 39.0 Å². The first-order chi connectivity index (χ1) is 12.9. The highest BCUT2D eigenvalue weighted by atomic mass is 35.5. The number of benzene rings is 2. The van der Waals surface area contributed by atoms with Crippen LogP contribution in [0.5, 0.6) is 0 Å². The number of anilines is 2. The van der Waals surface area contributed by atoms with E-state index in [4.69, 9.17) is 17.3 Å². The van der Waals surface area contributed by atoms with Crippen molar-refractivity contribution in [1.29, 1.82) is 0 Å². The SMILES string of the molecule is CCc1ccc(C(=O)OC)cc1S(=O)(=O)Nc1cc(C(F)(F)F)c(Cl)cc1N. The molecule has 0 spiro atoms. The van der Waals surface area contributed by atoms with E-state index >= 15 is 0 Å². The number of alkyl halides is 3. The lowest BCUT2D eigenvalue weighted by Gasteiger charge is -2.16. The van der Waals surface area contributed by atoms with Crippen molar-refractivity contribution in [3.63, 3.8) is 0 Å². The Morgan fingerprint density at radius 2 is 1.89 bits per heavy atom. The third-order valence-electron chi connectivity index (χ3n) is 3.85. The maximum absolute atomic E-state index is 13.1. The Morgan fingerprint density at radius 1 is 1.25 bits per heavy atom. The molecule has 0 fully saturated rings. The summed E-state index contributed by atoms with van der Waals surface area (Å²) < 4.78 is 71.4. The van der Waals surface area contributed by atoms with E-state index in [-0.39, 0.29) is 16.1 Å². The van der Waals surface area contributed by atoms with Gasteiger partial charge in [0.15, 0.2) is 0 Å². The van der Waals surface area contributed by atoms with Gasteiger partial charge in [0.1, 0.15) is 0 Å². The minimum atomic E-state index is -4.80. The molecule has 0 amide bonds. The van der Waals surface area contributed by atoms with Crippen LogP contribution in [0.3, 0.4) is 0 Å². The molecule has 0 aliphatic carbocycles. The first-order valence-corrected chi connectivity index (χ1v) is 9.67. The fourth-order valence-electron chi connectivity index (χ4n) is 2.44. The zero-order valence-corrected chi connectivity index (χ0v) is 16.3. The van der Waals surface area contributed by atoms with Gasteiger partial charge in [0.05, 0.1) is 39.5 Å². The van der Waals surface area contributed by atoms with Crippen LogP contribution < -0.4 is 10.5 Å². The first-order valence-electron chi connectivity index (χ1n) is 7.81. The Bertz CT molecular complexity index is 1020. The molecule has 152 valence electrons. The van der Waals surface area contributed by atoms with Gasteiger partial charge >= 0.3 is 12.1 Å². The molecule has 0 unspecified atom stereocenters. The van der Waals surface area contributed by atoms with E-state index in [0.29, 0.717) is 18.1 Å². The van der Waals surface area contributed by atoms with Gasteiger partial charge in [0.2, 0.25) is 0 Å². The molecule has 6 nitrogen and oxygen atoms in total. The number of rotatable bonds is 5. The van der Waals surface area contributed by atoms with Crippen LogP contribution in [0.2, 0.25) is 5.02 Å². The predicted molar refractivity (Wildman–Crippen MR) is 98.8 cm³/mol. The van der Waals surface area contributed by atoms with Gasteiger partial charge in [-0.25, -0.2) is 13.2 Å². The summed E-state index contributed by atoms with van der Waals surface area (Å²) in [5, 5.41) is -0.658. The number of carbonyl (C=O) groups is 1. The van der Waals surface area contributed by atoms with Gasteiger partial charge in [-0.1, -0.05) is 24.6 Å². The van der Waals surface area contributed by atoms with Gasteiger partial charge in [-0.05, 0) is 36.2 Å². The second-order valence-corrected chi connectivity index (χ2v) is 7.75. The molecule has 0 bridgehead atoms. The van der Waals surface area contributed by atoms with Crippen LogP contribution in [0.4, 0.5) is 24.5 Å². The molecule has 2 aromatic rings. The Balaban J connectivity index is 2.57. The summed E-state index contributed by atoms with van der Waals surface area (Å²) in [6.45, 7) is 1.69. The second-order valence-electron chi connectivity index (χ2n) is 5.69. The number of nitrogens with one attached hydrogen (secondary N) is 1. The van der Waals surface area contributed by atoms with Gasteiger partial charge in [-0.2, -0.15) is 13.2 Å². The largest absolute Gasteiger partial charge is 0.465 e. The monoisotopic (exact) mass is 436 g/mol. The van der Waals surface area contributed by atoms with Gasteiger partial charge in [-0.3, -0.25) is 4.72 Å². The number of nitrogens with two attached hydrogens (primary N) is 1. The van der Waals surface area contributed by atoms with E-state index in [1.807, 2.05) is 4.72 Å². The Kier molecular flexibility index (Phi) is 6.15. The summed E-state index contributed by atoms with van der Waals surface area (Å²) in [5.74, 6) is -0.760. The second kappa shape index (κ2) is 7.88. The molecule has 11 heteroatoms. The maximum atomic E-state index is 13.1. The Labute approximate surface area is 164 Å². The number of hydrogen-bond acceptors (Lipinski definition) is 5. The van der Waals surface area contributed by atoms with Crippen molar-refractivity contribution in [3.8, 4) is 0 Å². The summed E-state index contributed by atoms with van der Waals surface area (Å²) in [6, 6.07) is 5.23. The minimum absolute atomic E-state index is 0.0277. The highest BCUT2D eigenvalue weighted by molar-refractivity contribution is 7.92. The van der Waals surface area contributed by atoms with Crippen molar-refractivity contribution in [2.75, 3.05) is 17.6 Å². The number of carbonyl (C=O) groups excluding carboxylic acids is 1. The predicted octanol–water partition coefficient (Wildman–Crippen LogP) is 4.09. The van der Waals surface area contributed by atoms with Gasteiger partial charge in [0.25, 0.3) is 10.0 Å². The number of methoxy groups -OCH3 is 1. The fraction of sp³-hybridized carbons (Fsp3) is 0.235. The van der Waals surface area contributed by atoms with Crippen molar-refractivity contribution in [2.24, 2.45) is 0 Å². The normalized spacial score (nSPS) is 11.9. The van der Waals surface area contributed by atoms with Crippen molar-refractivity contribution < 1.29 is 31.1 Å². The van der Waals surface area contributed by atoms with E-state index in [1.165, 1.54) is 12.1 Å². The number of halogens is 4. The highest BCUT2D eigenvalue weighted by Crippen LogP contribution is 2.39. The molecule has 0 saturated carbocycles. The lowest BCUT2D eigenvalue weighted by atomic mass is 10.1. The Hall–Kier alpha value is -2.46. The van der Waals surface area contributed by atoms with Gasteiger partial charge in [-0.15, -0.1) is 0 Å². The number of sulfonamides is 1. The first kappa shape index (κ1) is 21.8. The number of nitrogen functional groups attached to an aromatic ring is 1. The molecule has 0 aromatic heterocycles. The maximum Gasteiger partial charge on any atom is 0.417 e. The third kappa shape index (κ3) is 4.50.